The van der Waals surface area contributed by atoms with Gasteiger partial charge in [0.15, 0.2) is 5.82 Å². The maximum atomic E-state index is 12.9. The van der Waals surface area contributed by atoms with E-state index in [4.69, 9.17) is 4.74 Å². The number of nitrogens with zero attached hydrogens (tertiary/aromatic N) is 3. The molecule has 1 N–H and O–H groups in total. The summed E-state index contributed by atoms with van der Waals surface area (Å²) < 4.78 is 35.6. The van der Waals surface area contributed by atoms with Crippen molar-refractivity contribution in [2.24, 2.45) is 0 Å². The molecule has 0 amide bonds. The molecular formula is C20H22N4O3S. The van der Waals surface area contributed by atoms with Crippen LogP contribution in [0.3, 0.4) is 0 Å². The number of hydrogen-bond donors (Lipinski definition) is 1. The minimum atomic E-state index is -3.74. The van der Waals surface area contributed by atoms with Gasteiger partial charge in [-0.05, 0) is 49.2 Å². The SMILES string of the molecule is COc1ccc(S(=O)(=O)Nc2ccccc2-c2nnc3n2CCCCC3)cc1. The Hall–Kier alpha value is -2.87. The average molecular weight is 398 g/mol. The van der Waals surface area contributed by atoms with E-state index in [-0.39, 0.29) is 4.90 Å². The Balaban J connectivity index is 1.70. The van der Waals surface area contributed by atoms with Gasteiger partial charge in [0.25, 0.3) is 10.0 Å². The first kappa shape index (κ1) is 18.5. The van der Waals surface area contributed by atoms with Crippen molar-refractivity contribution in [3.63, 3.8) is 0 Å². The second-order valence-corrected chi connectivity index (χ2v) is 8.41. The smallest absolute Gasteiger partial charge is 0.261 e. The lowest BCUT2D eigenvalue weighted by Gasteiger charge is -2.14. The second-order valence-electron chi connectivity index (χ2n) is 6.73. The number of benzene rings is 2. The van der Waals surface area contributed by atoms with Gasteiger partial charge in [0.1, 0.15) is 11.6 Å². The van der Waals surface area contributed by atoms with Gasteiger partial charge in [-0.15, -0.1) is 10.2 Å². The van der Waals surface area contributed by atoms with Crippen LogP contribution in [0.4, 0.5) is 5.69 Å². The van der Waals surface area contributed by atoms with Crippen molar-refractivity contribution < 1.29 is 13.2 Å². The van der Waals surface area contributed by atoms with Crippen LogP contribution in [-0.4, -0.2) is 30.3 Å². The van der Waals surface area contributed by atoms with Crippen LogP contribution in [0.2, 0.25) is 0 Å². The Bertz CT molecular complexity index is 1080. The fourth-order valence-electron chi connectivity index (χ4n) is 3.41. The second kappa shape index (κ2) is 7.63. The Morgan fingerprint density at radius 2 is 1.79 bits per heavy atom. The molecule has 1 aliphatic rings. The minimum absolute atomic E-state index is 0.170. The van der Waals surface area contributed by atoms with Crippen LogP contribution in [-0.2, 0) is 23.0 Å². The van der Waals surface area contributed by atoms with Crippen molar-refractivity contribution in [3.05, 3.63) is 54.4 Å². The highest BCUT2D eigenvalue weighted by atomic mass is 32.2. The molecule has 1 aliphatic heterocycles. The lowest BCUT2D eigenvalue weighted by atomic mass is 10.1. The molecular weight excluding hydrogens is 376 g/mol. The number of ether oxygens (including phenoxy) is 1. The zero-order valence-corrected chi connectivity index (χ0v) is 16.4. The van der Waals surface area contributed by atoms with Gasteiger partial charge < -0.3 is 9.30 Å². The van der Waals surface area contributed by atoms with Gasteiger partial charge >= 0.3 is 0 Å². The van der Waals surface area contributed by atoms with E-state index in [1.165, 1.54) is 12.1 Å². The summed E-state index contributed by atoms with van der Waals surface area (Å²) in [4.78, 5) is 0.170. The highest BCUT2D eigenvalue weighted by molar-refractivity contribution is 7.92. The summed E-state index contributed by atoms with van der Waals surface area (Å²) in [6.45, 7) is 0.844. The topological polar surface area (TPSA) is 86.1 Å². The molecule has 0 radical (unpaired) electrons. The summed E-state index contributed by atoms with van der Waals surface area (Å²) >= 11 is 0. The summed E-state index contributed by atoms with van der Waals surface area (Å²) in [5.41, 5.74) is 1.21. The van der Waals surface area contributed by atoms with Crippen molar-refractivity contribution >= 4 is 15.7 Å². The highest BCUT2D eigenvalue weighted by Crippen LogP contribution is 2.30. The van der Waals surface area contributed by atoms with Crippen LogP contribution in [0.25, 0.3) is 11.4 Å². The normalized spacial score (nSPS) is 14.2. The maximum absolute atomic E-state index is 12.9. The maximum Gasteiger partial charge on any atom is 0.261 e. The van der Waals surface area contributed by atoms with Crippen LogP contribution in [0.5, 0.6) is 5.75 Å². The molecule has 2 aromatic carbocycles. The Kier molecular flexibility index (Phi) is 5.04. The molecule has 0 bridgehead atoms. The zero-order chi connectivity index (χ0) is 19.6. The standard InChI is InChI=1S/C20H22N4O3S/c1-27-15-10-12-16(13-11-15)28(25,26)23-18-8-5-4-7-17(18)20-22-21-19-9-3-2-6-14-24(19)20/h4-5,7-8,10-13,23H,2-3,6,9,14H2,1H3. The summed E-state index contributed by atoms with van der Waals surface area (Å²) in [6.07, 6.45) is 4.23. The fraction of sp³-hybridized carbons (Fsp3) is 0.300. The predicted molar refractivity (Wildman–Crippen MR) is 107 cm³/mol. The lowest BCUT2D eigenvalue weighted by Crippen LogP contribution is -2.14. The number of rotatable bonds is 5. The molecule has 2 heterocycles. The number of para-hydroxylation sites is 1. The van der Waals surface area contributed by atoms with E-state index in [2.05, 4.69) is 19.5 Å². The van der Waals surface area contributed by atoms with Crippen molar-refractivity contribution in [1.29, 1.82) is 0 Å². The number of fused-ring (bicyclic) bond motifs is 1. The highest BCUT2D eigenvalue weighted by Gasteiger charge is 2.21. The number of nitrogens with one attached hydrogen (secondary N) is 1. The first-order valence-corrected chi connectivity index (χ1v) is 10.8. The Morgan fingerprint density at radius 3 is 2.57 bits per heavy atom. The fourth-order valence-corrected chi connectivity index (χ4v) is 4.49. The monoisotopic (exact) mass is 398 g/mol. The average Bonchev–Trinajstić information content (AvgIpc) is 2.96. The van der Waals surface area contributed by atoms with Gasteiger partial charge in [0.05, 0.1) is 17.7 Å². The molecule has 3 aromatic rings. The molecule has 0 aliphatic carbocycles. The molecule has 0 fully saturated rings. The van der Waals surface area contributed by atoms with Gasteiger partial charge in [-0.3, -0.25) is 4.72 Å². The quantitative estimate of drug-likeness (QED) is 0.711. The van der Waals surface area contributed by atoms with Crippen molar-refractivity contribution in [2.45, 2.75) is 37.1 Å². The van der Waals surface area contributed by atoms with E-state index in [0.717, 1.165) is 43.6 Å². The van der Waals surface area contributed by atoms with E-state index < -0.39 is 10.0 Å². The van der Waals surface area contributed by atoms with Crippen molar-refractivity contribution in [2.75, 3.05) is 11.8 Å². The van der Waals surface area contributed by atoms with Crippen LogP contribution >= 0.6 is 0 Å². The summed E-state index contributed by atoms with van der Waals surface area (Å²) in [6, 6.07) is 13.6. The third kappa shape index (κ3) is 3.60. The van der Waals surface area contributed by atoms with Crippen LogP contribution in [0.1, 0.15) is 25.1 Å². The first-order valence-electron chi connectivity index (χ1n) is 9.27. The lowest BCUT2D eigenvalue weighted by molar-refractivity contribution is 0.414. The van der Waals surface area contributed by atoms with Crippen molar-refractivity contribution in [3.8, 4) is 17.1 Å². The Morgan fingerprint density at radius 1 is 1.00 bits per heavy atom. The number of aromatic nitrogens is 3. The van der Waals surface area contributed by atoms with Crippen molar-refractivity contribution in [1.82, 2.24) is 14.8 Å². The molecule has 0 saturated heterocycles. The molecule has 146 valence electrons. The molecule has 7 nitrogen and oxygen atoms in total. The number of hydrogen-bond acceptors (Lipinski definition) is 5. The van der Waals surface area contributed by atoms with E-state index in [1.54, 1.807) is 31.4 Å². The van der Waals surface area contributed by atoms with Gasteiger partial charge in [0.2, 0.25) is 0 Å². The summed E-state index contributed by atoms with van der Waals surface area (Å²) in [5.74, 6) is 2.26. The summed E-state index contributed by atoms with van der Waals surface area (Å²) in [7, 11) is -2.20. The van der Waals surface area contributed by atoms with E-state index in [1.807, 2.05) is 12.1 Å². The number of anilines is 1. The molecule has 0 spiro atoms. The molecule has 8 heteroatoms. The Labute approximate surface area is 164 Å². The van der Waals surface area contributed by atoms with Gasteiger partial charge in [-0.2, -0.15) is 0 Å². The van der Waals surface area contributed by atoms with Gasteiger partial charge in [-0.25, -0.2) is 8.42 Å². The molecule has 0 unspecified atom stereocenters. The molecule has 28 heavy (non-hydrogen) atoms. The number of aryl methyl sites for hydroxylation is 1. The number of sulfonamides is 1. The zero-order valence-electron chi connectivity index (χ0n) is 15.6. The van der Waals surface area contributed by atoms with E-state index >= 15 is 0 Å². The van der Waals surface area contributed by atoms with Gasteiger partial charge in [-0.1, -0.05) is 18.6 Å². The molecule has 0 atom stereocenters. The van der Waals surface area contributed by atoms with Crippen LogP contribution < -0.4 is 9.46 Å². The third-order valence-corrected chi connectivity index (χ3v) is 6.27. The third-order valence-electron chi connectivity index (χ3n) is 4.89. The van der Waals surface area contributed by atoms with E-state index in [9.17, 15) is 8.42 Å². The molecule has 0 saturated carbocycles. The minimum Gasteiger partial charge on any atom is -0.497 e. The predicted octanol–water partition coefficient (Wildman–Crippen LogP) is 3.48. The first-order chi connectivity index (χ1) is 13.6. The van der Waals surface area contributed by atoms with E-state index in [0.29, 0.717) is 17.3 Å². The largest absolute Gasteiger partial charge is 0.497 e. The summed E-state index contributed by atoms with van der Waals surface area (Å²) in [5, 5.41) is 8.69. The van der Waals surface area contributed by atoms with Gasteiger partial charge in [0, 0.05) is 18.5 Å². The van der Waals surface area contributed by atoms with Crippen LogP contribution in [0, 0.1) is 0 Å². The van der Waals surface area contributed by atoms with Crippen LogP contribution in [0.15, 0.2) is 53.4 Å². The molecule has 1 aromatic heterocycles. The molecule has 4 rings (SSSR count). The number of methoxy groups -OCH3 is 1.